The number of furan rings is 1. The number of ether oxygens (including phenoxy) is 1. The quantitative estimate of drug-likeness (QED) is 0.786. The molecule has 118 valence electrons. The first-order valence-corrected chi connectivity index (χ1v) is 8.33. The van der Waals surface area contributed by atoms with E-state index in [0.717, 1.165) is 0 Å². The highest BCUT2D eigenvalue weighted by Gasteiger charge is 2.13. The number of hydrogen-bond acceptors (Lipinski definition) is 4. The van der Waals surface area contributed by atoms with Crippen LogP contribution in [0.3, 0.4) is 0 Å². The Balaban J connectivity index is 1.69. The molecule has 1 N–H and O–H groups in total. The van der Waals surface area contributed by atoms with Gasteiger partial charge in [-0.25, -0.2) is 0 Å². The van der Waals surface area contributed by atoms with Crippen LogP contribution < -0.4 is 10.1 Å². The second-order valence-electron chi connectivity index (χ2n) is 4.48. The monoisotopic (exact) mass is 341 g/mol. The van der Waals surface area contributed by atoms with Crippen molar-refractivity contribution in [3.05, 3.63) is 47.4 Å². The fourth-order valence-corrected chi connectivity index (χ4v) is 2.95. The van der Waals surface area contributed by atoms with Gasteiger partial charge in [-0.05, 0) is 37.3 Å². The van der Waals surface area contributed by atoms with Crippen molar-refractivity contribution < 1.29 is 18.2 Å². The summed E-state index contributed by atoms with van der Waals surface area (Å²) in [5.41, 5.74) is 0. The molecule has 0 radical (unpaired) electrons. The van der Waals surface area contributed by atoms with E-state index in [9.17, 15) is 9.00 Å². The van der Waals surface area contributed by atoms with Crippen LogP contribution in [0.15, 0.2) is 45.9 Å². The maximum atomic E-state index is 12.0. The summed E-state index contributed by atoms with van der Waals surface area (Å²) < 4.78 is 22.5. The summed E-state index contributed by atoms with van der Waals surface area (Å²) in [6.07, 6.45) is 1.46. The van der Waals surface area contributed by atoms with Crippen molar-refractivity contribution >= 4 is 28.3 Å². The van der Waals surface area contributed by atoms with Crippen molar-refractivity contribution in [3.63, 3.8) is 0 Å². The summed E-state index contributed by atoms with van der Waals surface area (Å²) in [6.45, 7) is 2.37. The maximum absolute atomic E-state index is 12.0. The predicted octanol–water partition coefficient (Wildman–Crippen LogP) is 2.54. The number of carbonyl (C=O) groups excluding carboxylic acids is 1. The van der Waals surface area contributed by atoms with Crippen LogP contribution in [0.5, 0.6) is 5.75 Å². The number of aryl methyl sites for hydroxylation is 1. The number of nitrogens with one attached hydrogen (secondary N) is 1. The molecule has 0 saturated heterocycles. The highest BCUT2D eigenvalue weighted by Crippen LogP contribution is 2.15. The highest BCUT2D eigenvalue weighted by molar-refractivity contribution is 7.85. The van der Waals surface area contributed by atoms with Gasteiger partial charge in [-0.15, -0.1) is 0 Å². The van der Waals surface area contributed by atoms with Crippen molar-refractivity contribution in [1.82, 2.24) is 5.32 Å². The van der Waals surface area contributed by atoms with Gasteiger partial charge in [0.2, 0.25) is 5.91 Å². The first-order chi connectivity index (χ1) is 10.6. The molecule has 0 aliphatic rings. The molecule has 7 heteroatoms. The van der Waals surface area contributed by atoms with Crippen LogP contribution in [0.2, 0.25) is 5.02 Å². The van der Waals surface area contributed by atoms with Crippen molar-refractivity contribution in [2.45, 2.75) is 11.8 Å². The molecule has 1 aromatic heterocycles. The average Bonchev–Trinajstić information content (AvgIpc) is 2.92. The van der Waals surface area contributed by atoms with Crippen LogP contribution in [0.4, 0.5) is 0 Å². The Labute approximate surface area is 136 Å². The first-order valence-electron chi connectivity index (χ1n) is 6.64. The van der Waals surface area contributed by atoms with E-state index in [1.807, 2.05) is 0 Å². The number of amides is 1. The second-order valence-corrected chi connectivity index (χ2v) is 6.34. The van der Waals surface area contributed by atoms with Gasteiger partial charge in [0.25, 0.3) is 0 Å². The molecule has 22 heavy (non-hydrogen) atoms. The SMILES string of the molecule is Cc1occc1S(=O)CC(=O)NCCOc1ccc(Cl)cc1. The van der Waals surface area contributed by atoms with Crippen molar-refractivity contribution in [2.75, 3.05) is 18.9 Å². The zero-order valence-corrected chi connectivity index (χ0v) is 13.6. The lowest BCUT2D eigenvalue weighted by atomic mass is 10.3. The zero-order chi connectivity index (χ0) is 15.9. The molecular weight excluding hydrogens is 326 g/mol. The van der Waals surface area contributed by atoms with Crippen LogP contribution in [0.25, 0.3) is 0 Å². The van der Waals surface area contributed by atoms with E-state index >= 15 is 0 Å². The minimum atomic E-state index is -1.40. The zero-order valence-electron chi connectivity index (χ0n) is 12.0. The molecule has 1 amide bonds. The minimum absolute atomic E-state index is 0.0959. The molecule has 1 atom stereocenters. The molecule has 0 saturated carbocycles. The lowest BCUT2D eigenvalue weighted by Gasteiger charge is -2.07. The molecule has 0 bridgehead atoms. The van der Waals surface area contributed by atoms with Gasteiger partial charge in [0.1, 0.15) is 23.9 Å². The van der Waals surface area contributed by atoms with E-state index in [1.165, 1.54) is 6.26 Å². The largest absolute Gasteiger partial charge is 0.492 e. The van der Waals surface area contributed by atoms with Crippen molar-refractivity contribution in [1.29, 1.82) is 0 Å². The summed E-state index contributed by atoms with van der Waals surface area (Å²) in [4.78, 5) is 12.3. The van der Waals surface area contributed by atoms with E-state index in [2.05, 4.69) is 5.32 Å². The van der Waals surface area contributed by atoms with E-state index in [-0.39, 0.29) is 11.7 Å². The Morgan fingerprint density at radius 1 is 1.32 bits per heavy atom. The van der Waals surface area contributed by atoms with Gasteiger partial charge in [-0.3, -0.25) is 9.00 Å². The molecule has 0 spiro atoms. The lowest BCUT2D eigenvalue weighted by molar-refractivity contribution is -0.118. The molecule has 1 unspecified atom stereocenters. The Kier molecular flexibility index (Phi) is 6.03. The van der Waals surface area contributed by atoms with E-state index < -0.39 is 10.8 Å². The number of carbonyl (C=O) groups is 1. The van der Waals surface area contributed by atoms with Gasteiger partial charge in [-0.2, -0.15) is 0 Å². The number of benzene rings is 1. The fourth-order valence-electron chi connectivity index (χ4n) is 1.75. The molecular formula is C15H16ClNO4S. The standard InChI is InChI=1S/C15H16ClNO4S/c1-11-14(6-8-20-11)22(19)10-15(18)17-7-9-21-13-4-2-12(16)3-5-13/h2-6,8H,7,9-10H2,1H3,(H,17,18). The van der Waals surface area contributed by atoms with Crippen LogP contribution in [-0.4, -0.2) is 29.0 Å². The van der Waals surface area contributed by atoms with E-state index in [0.29, 0.717) is 34.6 Å². The molecule has 0 fully saturated rings. The summed E-state index contributed by atoms with van der Waals surface area (Å²) in [6, 6.07) is 8.57. The highest BCUT2D eigenvalue weighted by atomic mass is 35.5. The van der Waals surface area contributed by atoms with Crippen molar-refractivity contribution in [2.24, 2.45) is 0 Å². The molecule has 1 aromatic carbocycles. The third-order valence-corrected chi connectivity index (χ3v) is 4.52. The number of rotatable bonds is 7. The van der Waals surface area contributed by atoms with Crippen molar-refractivity contribution in [3.8, 4) is 5.75 Å². The van der Waals surface area contributed by atoms with Crippen LogP contribution in [-0.2, 0) is 15.6 Å². The second kappa shape index (κ2) is 8.00. The minimum Gasteiger partial charge on any atom is -0.492 e. The normalized spacial score (nSPS) is 11.9. The number of halogens is 1. The van der Waals surface area contributed by atoms with E-state index in [4.69, 9.17) is 20.8 Å². The van der Waals surface area contributed by atoms with Gasteiger partial charge in [0.15, 0.2) is 0 Å². The Hall–Kier alpha value is -1.79. The van der Waals surface area contributed by atoms with Gasteiger partial charge in [-0.1, -0.05) is 11.6 Å². The molecule has 1 heterocycles. The number of hydrogen-bond donors (Lipinski definition) is 1. The molecule has 0 aliphatic carbocycles. The maximum Gasteiger partial charge on any atom is 0.233 e. The van der Waals surface area contributed by atoms with Gasteiger partial charge >= 0.3 is 0 Å². The Morgan fingerprint density at radius 2 is 2.05 bits per heavy atom. The smallest absolute Gasteiger partial charge is 0.233 e. The summed E-state index contributed by atoms with van der Waals surface area (Å²) in [7, 11) is -1.40. The third-order valence-electron chi connectivity index (χ3n) is 2.83. The fraction of sp³-hybridized carbons (Fsp3) is 0.267. The molecule has 2 rings (SSSR count). The summed E-state index contributed by atoms with van der Waals surface area (Å²) in [5, 5.41) is 3.30. The van der Waals surface area contributed by atoms with Crippen LogP contribution in [0, 0.1) is 6.92 Å². The molecule has 0 aliphatic heterocycles. The molecule has 5 nitrogen and oxygen atoms in total. The Morgan fingerprint density at radius 3 is 2.68 bits per heavy atom. The third kappa shape index (κ3) is 4.89. The van der Waals surface area contributed by atoms with E-state index in [1.54, 1.807) is 37.3 Å². The van der Waals surface area contributed by atoms with Gasteiger partial charge < -0.3 is 14.5 Å². The summed E-state index contributed by atoms with van der Waals surface area (Å²) >= 11 is 5.77. The van der Waals surface area contributed by atoms with Gasteiger partial charge in [0, 0.05) is 5.02 Å². The Bertz CT molecular complexity index is 654. The lowest BCUT2D eigenvalue weighted by Crippen LogP contribution is -2.31. The first kappa shape index (κ1) is 16.6. The summed E-state index contributed by atoms with van der Waals surface area (Å²) in [5.74, 6) is 0.855. The average molecular weight is 342 g/mol. The molecule has 2 aromatic rings. The topological polar surface area (TPSA) is 68.5 Å². The van der Waals surface area contributed by atoms with Crippen LogP contribution >= 0.6 is 11.6 Å². The van der Waals surface area contributed by atoms with Gasteiger partial charge in [0.05, 0.1) is 28.5 Å². The van der Waals surface area contributed by atoms with Crippen LogP contribution in [0.1, 0.15) is 5.76 Å². The predicted molar refractivity (Wildman–Crippen MR) is 84.7 cm³/mol.